The lowest BCUT2D eigenvalue weighted by Gasteiger charge is -2.32. The Morgan fingerprint density at radius 1 is 1.24 bits per heavy atom. The summed E-state index contributed by atoms with van der Waals surface area (Å²) in [5.41, 5.74) is 4.98. The highest BCUT2D eigenvalue weighted by atomic mass is 16.5. The average molecular weight is 522 g/mol. The Labute approximate surface area is 225 Å². The summed E-state index contributed by atoms with van der Waals surface area (Å²) in [6.45, 7) is 12.4. The van der Waals surface area contributed by atoms with Gasteiger partial charge in [0.1, 0.15) is 17.5 Å². The number of benzene rings is 1. The van der Waals surface area contributed by atoms with Crippen LogP contribution in [0.4, 0.5) is 0 Å². The van der Waals surface area contributed by atoms with E-state index in [4.69, 9.17) is 19.2 Å². The van der Waals surface area contributed by atoms with Crippen LogP contribution in [0, 0.1) is 19.3 Å². The van der Waals surface area contributed by atoms with Gasteiger partial charge >= 0.3 is 5.97 Å². The van der Waals surface area contributed by atoms with Crippen LogP contribution in [0.2, 0.25) is 0 Å². The van der Waals surface area contributed by atoms with Gasteiger partial charge in [0.2, 0.25) is 0 Å². The number of methoxy groups -OCH3 is 1. The first kappa shape index (κ1) is 27.7. The number of ether oxygens (including phenoxy) is 3. The van der Waals surface area contributed by atoms with Crippen molar-refractivity contribution in [2.75, 3.05) is 13.7 Å². The van der Waals surface area contributed by atoms with Crippen LogP contribution in [0.25, 0.3) is 0 Å². The van der Waals surface area contributed by atoms with E-state index in [-0.39, 0.29) is 18.7 Å². The molecule has 3 heterocycles. The number of aryl methyl sites for hydroxylation is 3. The van der Waals surface area contributed by atoms with Crippen molar-refractivity contribution in [3.05, 3.63) is 70.3 Å². The van der Waals surface area contributed by atoms with Crippen molar-refractivity contribution in [1.29, 1.82) is 0 Å². The first-order valence-corrected chi connectivity index (χ1v) is 13.1. The highest BCUT2D eigenvalue weighted by Gasteiger charge is 2.40. The third kappa shape index (κ3) is 6.22. The first-order chi connectivity index (χ1) is 18.1. The molecular formula is C29H39N5O4. The SMILES string of the molecule is CCC1CN(Cc2cc(C(OCc3cn(C)nn3)C(C)(C)C(=O)OC)ccc2C)Cc2nc(C)ccc2O1. The Morgan fingerprint density at radius 3 is 2.71 bits per heavy atom. The molecule has 0 saturated carbocycles. The van der Waals surface area contributed by atoms with Crippen LogP contribution in [0.3, 0.4) is 0 Å². The van der Waals surface area contributed by atoms with Crippen LogP contribution in [-0.2, 0) is 41.0 Å². The molecular weight excluding hydrogens is 482 g/mol. The zero-order chi connectivity index (χ0) is 27.4. The van der Waals surface area contributed by atoms with Crippen molar-refractivity contribution in [1.82, 2.24) is 24.9 Å². The van der Waals surface area contributed by atoms with E-state index in [0.717, 1.165) is 42.2 Å². The smallest absolute Gasteiger partial charge is 0.314 e. The van der Waals surface area contributed by atoms with Crippen molar-refractivity contribution in [3.8, 4) is 5.75 Å². The molecule has 2 atom stereocenters. The minimum Gasteiger partial charge on any atom is -0.487 e. The van der Waals surface area contributed by atoms with Crippen LogP contribution in [0.15, 0.2) is 36.5 Å². The summed E-state index contributed by atoms with van der Waals surface area (Å²) in [4.78, 5) is 20.0. The molecule has 38 heavy (non-hydrogen) atoms. The zero-order valence-electron chi connectivity index (χ0n) is 23.5. The number of rotatable bonds is 9. The van der Waals surface area contributed by atoms with Crippen molar-refractivity contribution in [3.63, 3.8) is 0 Å². The number of esters is 1. The molecule has 2 unspecified atom stereocenters. The van der Waals surface area contributed by atoms with Gasteiger partial charge in [-0.3, -0.25) is 19.4 Å². The maximum Gasteiger partial charge on any atom is 0.314 e. The van der Waals surface area contributed by atoms with E-state index in [1.807, 2.05) is 52.2 Å². The highest BCUT2D eigenvalue weighted by molar-refractivity contribution is 5.77. The fraction of sp³-hybridized carbons (Fsp3) is 0.517. The number of hydrogen-bond donors (Lipinski definition) is 0. The van der Waals surface area contributed by atoms with Crippen LogP contribution < -0.4 is 4.74 Å². The summed E-state index contributed by atoms with van der Waals surface area (Å²) < 4.78 is 19.4. The lowest BCUT2D eigenvalue weighted by Crippen LogP contribution is -2.34. The van der Waals surface area contributed by atoms with Gasteiger partial charge in [0.05, 0.1) is 37.1 Å². The van der Waals surface area contributed by atoms with Gasteiger partial charge in [0.15, 0.2) is 0 Å². The normalized spacial score (nSPS) is 16.9. The summed E-state index contributed by atoms with van der Waals surface area (Å²) in [7, 11) is 3.22. The van der Waals surface area contributed by atoms with E-state index < -0.39 is 11.5 Å². The molecule has 1 aliphatic heterocycles. The van der Waals surface area contributed by atoms with Gasteiger partial charge in [0, 0.05) is 32.4 Å². The molecule has 1 aliphatic rings. The van der Waals surface area contributed by atoms with Crippen LogP contribution in [-0.4, -0.2) is 50.6 Å². The Hall–Kier alpha value is -3.30. The van der Waals surface area contributed by atoms with Crippen molar-refractivity contribution in [2.24, 2.45) is 12.5 Å². The Bertz CT molecular complexity index is 1270. The summed E-state index contributed by atoms with van der Waals surface area (Å²) in [5, 5.41) is 8.12. The summed E-state index contributed by atoms with van der Waals surface area (Å²) in [5.74, 6) is 0.532. The molecule has 204 valence electrons. The van der Waals surface area contributed by atoms with Gasteiger partial charge < -0.3 is 14.2 Å². The second-order valence-corrected chi connectivity index (χ2v) is 10.7. The van der Waals surface area contributed by atoms with E-state index in [1.165, 1.54) is 18.2 Å². The van der Waals surface area contributed by atoms with Gasteiger partial charge in [-0.25, -0.2) is 0 Å². The Kier molecular flexibility index (Phi) is 8.47. The average Bonchev–Trinajstić information content (AvgIpc) is 3.22. The Balaban J connectivity index is 1.63. The molecule has 1 aromatic carbocycles. The zero-order valence-corrected chi connectivity index (χ0v) is 23.5. The number of carbonyl (C=O) groups excluding carboxylic acids is 1. The van der Waals surface area contributed by atoms with Gasteiger partial charge in [-0.2, -0.15) is 0 Å². The van der Waals surface area contributed by atoms with Crippen molar-refractivity contribution < 1.29 is 19.0 Å². The number of hydrogen-bond acceptors (Lipinski definition) is 8. The molecule has 2 aromatic heterocycles. The number of pyridine rings is 1. The molecule has 4 rings (SSSR count). The minimum atomic E-state index is -0.923. The molecule has 0 radical (unpaired) electrons. The molecule has 9 nitrogen and oxygen atoms in total. The van der Waals surface area contributed by atoms with E-state index in [1.54, 1.807) is 4.68 Å². The molecule has 0 amide bonds. The first-order valence-electron chi connectivity index (χ1n) is 13.1. The lowest BCUT2D eigenvalue weighted by atomic mass is 9.81. The van der Waals surface area contributed by atoms with E-state index in [0.29, 0.717) is 12.2 Å². The van der Waals surface area contributed by atoms with E-state index in [2.05, 4.69) is 41.2 Å². The molecule has 0 bridgehead atoms. The maximum absolute atomic E-state index is 12.8. The standard InChI is InChI=1S/C29H39N5O4/c1-8-24-16-34(17-25-26(38-24)12-10-20(3)30-25)14-22-13-21(11-9-19(22)2)27(29(4,5)28(35)36-7)37-18-23-15-33(6)32-31-23/h9-13,15,24,27H,8,14,16-18H2,1-7H3. The second kappa shape index (κ2) is 11.6. The van der Waals surface area contributed by atoms with Gasteiger partial charge in [0.25, 0.3) is 0 Å². The predicted molar refractivity (Wildman–Crippen MR) is 143 cm³/mol. The lowest BCUT2D eigenvalue weighted by molar-refractivity contribution is -0.162. The number of carbonyl (C=O) groups is 1. The second-order valence-electron chi connectivity index (χ2n) is 10.7. The maximum atomic E-state index is 12.8. The van der Waals surface area contributed by atoms with Gasteiger partial charge in [-0.05, 0) is 62.9 Å². The fourth-order valence-corrected chi connectivity index (χ4v) is 4.92. The quantitative estimate of drug-likeness (QED) is 0.381. The third-order valence-corrected chi connectivity index (χ3v) is 7.14. The molecule has 0 fully saturated rings. The van der Waals surface area contributed by atoms with Crippen LogP contribution >= 0.6 is 0 Å². The van der Waals surface area contributed by atoms with E-state index >= 15 is 0 Å². The molecule has 0 aliphatic carbocycles. The third-order valence-electron chi connectivity index (χ3n) is 7.14. The minimum absolute atomic E-state index is 0.0885. The Morgan fingerprint density at radius 2 is 2.03 bits per heavy atom. The topological polar surface area (TPSA) is 91.6 Å². The number of fused-ring (bicyclic) bond motifs is 1. The molecule has 0 saturated heterocycles. The monoisotopic (exact) mass is 521 g/mol. The summed E-state index contributed by atoms with van der Waals surface area (Å²) in [6.07, 6.45) is 2.26. The molecule has 9 heteroatoms. The van der Waals surface area contributed by atoms with Gasteiger partial charge in [-0.1, -0.05) is 30.3 Å². The largest absolute Gasteiger partial charge is 0.487 e. The number of nitrogens with zero attached hydrogens (tertiary/aromatic N) is 5. The molecule has 0 N–H and O–H groups in total. The highest BCUT2D eigenvalue weighted by Crippen LogP contribution is 2.39. The van der Waals surface area contributed by atoms with Crippen molar-refractivity contribution >= 4 is 5.97 Å². The molecule has 0 spiro atoms. The van der Waals surface area contributed by atoms with Crippen LogP contribution in [0.5, 0.6) is 5.75 Å². The number of aromatic nitrogens is 4. The van der Waals surface area contributed by atoms with Crippen LogP contribution in [0.1, 0.15) is 67.1 Å². The molecule has 3 aromatic rings. The van der Waals surface area contributed by atoms with E-state index in [9.17, 15) is 4.79 Å². The summed E-state index contributed by atoms with van der Waals surface area (Å²) in [6, 6.07) is 10.3. The van der Waals surface area contributed by atoms with Gasteiger partial charge in [-0.15, -0.1) is 5.10 Å². The summed E-state index contributed by atoms with van der Waals surface area (Å²) >= 11 is 0. The predicted octanol–water partition coefficient (Wildman–Crippen LogP) is 4.46. The fourth-order valence-electron chi connectivity index (χ4n) is 4.92. The van der Waals surface area contributed by atoms with Crippen molar-refractivity contribution in [2.45, 2.75) is 72.9 Å².